The van der Waals surface area contributed by atoms with Gasteiger partial charge in [-0.1, -0.05) is 6.92 Å². The first-order chi connectivity index (χ1) is 6.77. The molecule has 0 radical (unpaired) electrons. The second-order valence-electron chi connectivity index (χ2n) is 3.73. The Morgan fingerprint density at radius 2 is 2.50 bits per heavy atom. The van der Waals surface area contributed by atoms with E-state index in [1.807, 2.05) is 13.0 Å². The average Bonchev–Trinajstić information content (AvgIpc) is 2.69. The van der Waals surface area contributed by atoms with Gasteiger partial charge in [0, 0.05) is 13.0 Å². The molecule has 1 saturated heterocycles. The summed E-state index contributed by atoms with van der Waals surface area (Å²) >= 11 is 0. The van der Waals surface area contributed by atoms with Gasteiger partial charge in [0.2, 0.25) is 0 Å². The van der Waals surface area contributed by atoms with Crippen LogP contribution in [0.2, 0.25) is 0 Å². The highest BCUT2D eigenvalue weighted by molar-refractivity contribution is 5.83. The van der Waals surface area contributed by atoms with E-state index in [9.17, 15) is 4.79 Å². The van der Waals surface area contributed by atoms with E-state index in [2.05, 4.69) is 0 Å². The summed E-state index contributed by atoms with van der Waals surface area (Å²) in [6, 6.07) is 2.04. The monoisotopic (exact) mass is 195 g/mol. The van der Waals surface area contributed by atoms with Gasteiger partial charge in [0.15, 0.2) is 0 Å². The molecule has 1 heterocycles. The summed E-state index contributed by atoms with van der Waals surface area (Å²) in [6.45, 7) is 2.70. The van der Waals surface area contributed by atoms with Gasteiger partial charge in [-0.05, 0) is 25.7 Å². The van der Waals surface area contributed by atoms with Crippen molar-refractivity contribution >= 4 is 5.78 Å². The van der Waals surface area contributed by atoms with E-state index in [1.165, 1.54) is 0 Å². The Bertz CT molecular complexity index is 226. The van der Waals surface area contributed by atoms with Crippen LogP contribution < -0.4 is 0 Å². The molecule has 0 N–H and O–H groups in total. The van der Waals surface area contributed by atoms with Crippen LogP contribution in [0.3, 0.4) is 0 Å². The minimum Gasteiger partial charge on any atom is -0.378 e. The molecule has 0 saturated carbocycles. The van der Waals surface area contributed by atoms with Crippen LogP contribution in [0.4, 0.5) is 0 Å². The molecule has 3 heteroatoms. The van der Waals surface area contributed by atoms with Crippen LogP contribution >= 0.6 is 0 Å². The molecular formula is C11H17NO2. The van der Waals surface area contributed by atoms with Crippen LogP contribution in [0.15, 0.2) is 0 Å². The molecule has 0 aromatic heterocycles. The van der Waals surface area contributed by atoms with Gasteiger partial charge >= 0.3 is 0 Å². The van der Waals surface area contributed by atoms with E-state index < -0.39 is 5.92 Å². The van der Waals surface area contributed by atoms with Gasteiger partial charge in [0.1, 0.15) is 11.7 Å². The van der Waals surface area contributed by atoms with Gasteiger partial charge < -0.3 is 4.74 Å². The molecule has 2 atom stereocenters. The van der Waals surface area contributed by atoms with Crippen molar-refractivity contribution in [3.8, 4) is 6.07 Å². The summed E-state index contributed by atoms with van der Waals surface area (Å²) in [5.74, 6) is -0.332. The smallest absolute Gasteiger partial charge is 0.150 e. The summed E-state index contributed by atoms with van der Waals surface area (Å²) in [5, 5.41) is 8.69. The molecule has 2 unspecified atom stereocenters. The molecule has 1 aliphatic rings. The molecule has 0 spiro atoms. The number of carbonyl (C=O) groups excluding carboxylic acids is 1. The first-order valence-corrected chi connectivity index (χ1v) is 5.31. The second-order valence-corrected chi connectivity index (χ2v) is 3.73. The molecule has 1 fully saturated rings. The van der Waals surface area contributed by atoms with Crippen molar-refractivity contribution in [1.29, 1.82) is 5.26 Å². The fourth-order valence-electron chi connectivity index (χ4n) is 1.74. The van der Waals surface area contributed by atoms with Gasteiger partial charge in [-0.2, -0.15) is 5.26 Å². The maximum absolute atomic E-state index is 11.5. The summed E-state index contributed by atoms with van der Waals surface area (Å²) in [7, 11) is 0. The normalized spacial score (nSPS) is 23.0. The zero-order valence-corrected chi connectivity index (χ0v) is 8.66. The minimum absolute atomic E-state index is 0.0745. The van der Waals surface area contributed by atoms with Crippen molar-refractivity contribution in [2.24, 2.45) is 5.92 Å². The number of Topliss-reactive ketones (excluding diaryl/α,β-unsaturated/α-hetero) is 1. The fraction of sp³-hybridized carbons (Fsp3) is 0.818. The Labute approximate surface area is 85.1 Å². The lowest BCUT2D eigenvalue weighted by Gasteiger charge is -2.09. The zero-order chi connectivity index (χ0) is 10.4. The largest absolute Gasteiger partial charge is 0.378 e. The highest BCUT2D eigenvalue weighted by Crippen LogP contribution is 2.18. The molecule has 0 aromatic carbocycles. The summed E-state index contributed by atoms with van der Waals surface area (Å²) < 4.78 is 5.42. The molecule has 1 aliphatic heterocycles. The Kier molecular flexibility index (Phi) is 4.61. The van der Waals surface area contributed by atoms with Crippen molar-refractivity contribution in [2.45, 2.75) is 45.1 Å². The number of hydrogen-bond donors (Lipinski definition) is 0. The Morgan fingerprint density at radius 3 is 3.00 bits per heavy atom. The third-order valence-corrected chi connectivity index (χ3v) is 2.69. The first-order valence-electron chi connectivity index (χ1n) is 5.31. The molecule has 0 aliphatic carbocycles. The van der Waals surface area contributed by atoms with Crippen LogP contribution in [-0.2, 0) is 9.53 Å². The van der Waals surface area contributed by atoms with Crippen molar-refractivity contribution in [3.63, 3.8) is 0 Å². The lowest BCUT2D eigenvalue weighted by atomic mass is 9.97. The Balaban J connectivity index is 2.23. The van der Waals surface area contributed by atoms with Crippen molar-refractivity contribution in [2.75, 3.05) is 6.61 Å². The topological polar surface area (TPSA) is 50.1 Å². The number of nitrogens with zero attached hydrogens (tertiary/aromatic N) is 1. The maximum Gasteiger partial charge on any atom is 0.150 e. The number of ether oxygens (including phenoxy) is 1. The van der Waals surface area contributed by atoms with Crippen LogP contribution in [0.1, 0.15) is 39.0 Å². The minimum atomic E-state index is -0.406. The van der Waals surface area contributed by atoms with Crippen molar-refractivity contribution in [1.82, 2.24) is 0 Å². The van der Waals surface area contributed by atoms with E-state index in [-0.39, 0.29) is 11.9 Å². The summed E-state index contributed by atoms with van der Waals surface area (Å²) in [6.07, 6.45) is 4.34. The van der Waals surface area contributed by atoms with Crippen molar-refractivity contribution in [3.05, 3.63) is 0 Å². The van der Waals surface area contributed by atoms with Gasteiger partial charge in [-0.3, -0.25) is 4.79 Å². The molecule has 0 aromatic rings. The number of rotatable bonds is 5. The van der Waals surface area contributed by atoms with Gasteiger partial charge in [-0.25, -0.2) is 0 Å². The predicted molar refractivity (Wildman–Crippen MR) is 52.6 cm³/mol. The number of hydrogen-bond acceptors (Lipinski definition) is 3. The summed E-state index contributed by atoms with van der Waals surface area (Å²) in [5.41, 5.74) is 0. The highest BCUT2D eigenvalue weighted by Gasteiger charge is 2.20. The lowest BCUT2D eigenvalue weighted by Crippen LogP contribution is -2.15. The zero-order valence-electron chi connectivity index (χ0n) is 8.66. The van der Waals surface area contributed by atoms with E-state index in [4.69, 9.17) is 10.00 Å². The second kappa shape index (κ2) is 5.77. The van der Waals surface area contributed by atoms with Crippen LogP contribution in [0.5, 0.6) is 0 Å². The molecule has 3 nitrogen and oxygen atoms in total. The van der Waals surface area contributed by atoms with E-state index in [0.717, 1.165) is 25.9 Å². The predicted octanol–water partition coefficient (Wildman–Crippen LogP) is 2.06. The Morgan fingerprint density at radius 1 is 1.71 bits per heavy atom. The van der Waals surface area contributed by atoms with E-state index in [0.29, 0.717) is 12.8 Å². The van der Waals surface area contributed by atoms with Crippen LogP contribution in [0, 0.1) is 17.2 Å². The molecule has 78 valence electrons. The van der Waals surface area contributed by atoms with Gasteiger partial charge in [0.25, 0.3) is 0 Å². The number of nitriles is 1. The Hall–Kier alpha value is -0.880. The summed E-state index contributed by atoms with van der Waals surface area (Å²) in [4.78, 5) is 11.5. The number of carbonyl (C=O) groups is 1. The molecular weight excluding hydrogens is 178 g/mol. The van der Waals surface area contributed by atoms with E-state index in [1.54, 1.807) is 0 Å². The number of ketones is 1. The molecule has 0 bridgehead atoms. The SMILES string of the molecule is CCC(C#N)C(=O)CCC1CCCO1. The third kappa shape index (κ3) is 3.12. The average molecular weight is 195 g/mol. The first kappa shape index (κ1) is 11.2. The third-order valence-electron chi connectivity index (χ3n) is 2.69. The van der Waals surface area contributed by atoms with Gasteiger partial charge in [0.05, 0.1) is 12.2 Å². The lowest BCUT2D eigenvalue weighted by molar-refractivity contribution is -0.122. The van der Waals surface area contributed by atoms with E-state index >= 15 is 0 Å². The maximum atomic E-state index is 11.5. The molecule has 14 heavy (non-hydrogen) atoms. The molecule has 1 rings (SSSR count). The quantitative estimate of drug-likeness (QED) is 0.674. The fourth-order valence-corrected chi connectivity index (χ4v) is 1.74. The molecule has 0 amide bonds. The standard InChI is InChI=1S/C11H17NO2/c1-2-9(8-12)11(13)6-5-10-4-3-7-14-10/h9-10H,2-7H2,1H3. The highest BCUT2D eigenvalue weighted by atomic mass is 16.5. The van der Waals surface area contributed by atoms with Gasteiger partial charge in [-0.15, -0.1) is 0 Å². The van der Waals surface area contributed by atoms with Crippen LogP contribution in [-0.4, -0.2) is 18.5 Å². The van der Waals surface area contributed by atoms with Crippen molar-refractivity contribution < 1.29 is 9.53 Å². The van der Waals surface area contributed by atoms with Crippen LogP contribution in [0.25, 0.3) is 0 Å².